The molecule has 1 amide bonds. The summed E-state index contributed by atoms with van der Waals surface area (Å²) in [7, 11) is -3.59. The van der Waals surface area contributed by atoms with Gasteiger partial charge in [-0.15, -0.1) is 0 Å². The van der Waals surface area contributed by atoms with Crippen LogP contribution in [-0.4, -0.2) is 26.6 Å². The van der Waals surface area contributed by atoms with E-state index in [1.165, 1.54) is 12.5 Å². The molecule has 2 aliphatic carbocycles. The molecule has 7 heteroatoms. The zero-order chi connectivity index (χ0) is 21.3. The highest BCUT2D eigenvalue weighted by Gasteiger charge is 2.59. The van der Waals surface area contributed by atoms with Crippen LogP contribution in [-0.2, 0) is 14.8 Å². The minimum Gasteiger partial charge on any atom is -0.273 e. The molecule has 0 aromatic heterocycles. The number of hydrazone groups is 1. The molecule has 3 rings (SSSR count). The van der Waals surface area contributed by atoms with Gasteiger partial charge in [0.1, 0.15) is 0 Å². The van der Waals surface area contributed by atoms with Crippen LogP contribution in [0, 0.1) is 23.7 Å². The first-order valence-electron chi connectivity index (χ1n) is 10.1. The Kier molecular flexibility index (Phi) is 6.01. The van der Waals surface area contributed by atoms with Crippen molar-refractivity contribution < 1.29 is 13.2 Å². The maximum Gasteiger partial charge on any atom is 0.241 e. The number of amides is 1. The fourth-order valence-corrected chi connectivity index (χ4v) is 5.30. The Hall–Kier alpha value is -1.99. The van der Waals surface area contributed by atoms with Gasteiger partial charge in [-0.2, -0.15) is 5.10 Å². The van der Waals surface area contributed by atoms with Crippen LogP contribution >= 0.6 is 0 Å². The standard InChI is InChI=1S/C22H31N3O3S/c1-16-5-7-17(8-6-16)11-14-29(27,28)23-13-10-20(26)25-24-19-15-18-9-12-22(19,4)21(18,2)3/h5-8,11,14,18,23H,9-10,12-13,15H2,1-4H3,(H,25,26)/b14-11+,24-19-/t18-,22+/m0/s1. The second kappa shape index (κ2) is 8.03. The number of rotatable bonds is 7. The fourth-order valence-electron chi connectivity index (χ4n) is 4.48. The third kappa shape index (κ3) is 4.61. The number of nitrogens with zero attached hydrogens (tertiary/aromatic N) is 1. The summed E-state index contributed by atoms with van der Waals surface area (Å²) in [5, 5.41) is 5.52. The van der Waals surface area contributed by atoms with Crippen molar-refractivity contribution in [3.63, 3.8) is 0 Å². The number of hydrogen-bond donors (Lipinski definition) is 2. The number of hydrogen-bond acceptors (Lipinski definition) is 4. The Morgan fingerprint density at radius 2 is 1.93 bits per heavy atom. The van der Waals surface area contributed by atoms with Gasteiger partial charge in [0.15, 0.2) is 0 Å². The Morgan fingerprint density at radius 3 is 2.52 bits per heavy atom. The Bertz CT molecular complexity index is 933. The summed E-state index contributed by atoms with van der Waals surface area (Å²) in [5.74, 6) is 0.335. The molecule has 0 radical (unpaired) electrons. The minimum absolute atomic E-state index is 0.0304. The first-order valence-corrected chi connectivity index (χ1v) is 11.7. The number of aryl methyl sites for hydroxylation is 1. The molecule has 0 aliphatic heterocycles. The van der Waals surface area contributed by atoms with Crippen molar-refractivity contribution in [1.29, 1.82) is 0 Å². The molecule has 158 valence electrons. The van der Waals surface area contributed by atoms with Crippen molar-refractivity contribution in [2.24, 2.45) is 21.8 Å². The van der Waals surface area contributed by atoms with Crippen LogP contribution in [0.1, 0.15) is 57.6 Å². The van der Waals surface area contributed by atoms with Crippen molar-refractivity contribution in [3.8, 4) is 0 Å². The largest absolute Gasteiger partial charge is 0.273 e. The van der Waals surface area contributed by atoms with Crippen LogP contribution in [0.3, 0.4) is 0 Å². The fraction of sp³-hybridized carbons (Fsp3) is 0.545. The molecule has 2 bridgehead atoms. The number of sulfonamides is 1. The van der Waals surface area contributed by atoms with Crippen molar-refractivity contribution in [2.45, 2.75) is 53.4 Å². The van der Waals surface area contributed by atoms with Gasteiger partial charge in [-0.25, -0.2) is 18.6 Å². The highest BCUT2D eigenvalue weighted by molar-refractivity contribution is 7.92. The monoisotopic (exact) mass is 417 g/mol. The van der Waals surface area contributed by atoms with E-state index in [2.05, 4.69) is 36.0 Å². The minimum atomic E-state index is -3.59. The van der Waals surface area contributed by atoms with Crippen LogP contribution in [0.2, 0.25) is 0 Å². The molecule has 2 saturated carbocycles. The molecule has 0 spiro atoms. The van der Waals surface area contributed by atoms with Gasteiger partial charge in [0.2, 0.25) is 15.9 Å². The number of carbonyl (C=O) groups is 1. The molecule has 2 atom stereocenters. The zero-order valence-corrected chi connectivity index (χ0v) is 18.5. The third-order valence-electron chi connectivity index (χ3n) is 7.00. The lowest BCUT2D eigenvalue weighted by atomic mass is 9.70. The number of benzene rings is 1. The molecule has 2 N–H and O–H groups in total. The molecule has 0 heterocycles. The number of nitrogens with one attached hydrogen (secondary N) is 2. The first kappa shape index (κ1) is 21.7. The van der Waals surface area contributed by atoms with Gasteiger partial charge < -0.3 is 0 Å². The SMILES string of the molecule is Cc1ccc(/C=C/S(=O)(=O)NCCC(=O)N/N=C2/C[C@@H]3CC[C@@]2(C)C3(C)C)cc1. The summed E-state index contributed by atoms with van der Waals surface area (Å²) in [5.41, 5.74) is 5.84. The van der Waals surface area contributed by atoms with E-state index in [-0.39, 0.29) is 29.7 Å². The topological polar surface area (TPSA) is 87.6 Å². The average molecular weight is 418 g/mol. The lowest BCUT2D eigenvalue weighted by Gasteiger charge is -2.34. The van der Waals surface area contributed by atoms with E-state index < -0.39 is 10.0 Å². The van der Waals surface area contributed by atoms with Gasteiger partial charge in [0, 0.05) is 29.5 Å². The lowest BCUT2D eigenvalue weighted by molar-refractivity contribution is -0.120. The second-order valence-electron chi connectivity index (χ2n) is 8.99. The van der Waals surface area contributed by atoms with Crippen LogP contribution in [0.15, 0.2) is 34.8 Å². The summed E-state index contributed by atoms with van der Waals surface area (Å²) < 4.78 is 26.5. The van der Waals surface area contributed by atoms with Gasteiger partial charge in [-0.1, -0.05) is 50.6 Å². The number of carbonyl (C=O) groups excluding carboxylic acids is 1. The predicted molar refractivity (Wildman–Crippen MR) is 117 cm³/mol. The maximum atomic E-state index is 12.1. The van der Waals surface area contributed by atoms with E-state index in [1.807, 2.05) is 31.2 Å². The lowest BCUT2D eigenvalue weighted by Crippen LogP contribution is -2.34. The average Bonchev–Trinajstić information content (AvgIpc) is 2.99. The zero-order valence-electron chi connectivity index (χ0n) is 17.7. The molecule has 29 heavy (non-hydrogen) atoms. The van der Waals surface area contributed by atoms with E-state index in [9.17, 15) is 13.2 Å². The van der Waals surface area contributed by atoms with Crippen molar-refractivity contribution in [1.82, 2.24) is 10.1 Å². The van der Waals surface area contributed by atoms with Crippen LogP contribution < -0.4 is 10.1 Å². The molecule has 2 aliphatic rings. The molecule has 2 fully saturated rings. The summed E-state index contributed by atoms with van der Waals surface area (Å²) in [6.45, 7) is 8.81. The molecule has 1 aromatic carbocycles. The third-order valence-corrected chi connectivity index (χ3v) is 8.10. The van der Waals surface area contributed by atoms with Gasteiger partial charge >= 0.3 is 0 Å². The summed E-state index contributed by atoms with van der Waals surface area (Å²) >= 11 is 0. The van der Waals surface area contributed by atoms with Gasteiger partial charge in [0.25, 0.3) is 0 Å². The van der Waals surface area contributed by atoms with Crippen LogP contribution in [0.4, 0.5) is 0 Å². The van der Waals surface area contributed by atoms with E-state index >= 15 is 0 Å². The number of fused-ring (bicyclic) bond motifs is 2. The Labute approximate surface area is 173 Å². The molecule has 1 aromatic rings. The highest BCUT2D eigenvalue weighted by atomic mass is 32.2. The van der Waals surface area contributed by atoms with E-state index in [1.54, 1.807) is 0 Å². The molecule has 6 nitrogen and oxygen atoms in total. The quantitative estimate of drug-likeness (QED) is 0.665. The second-order valence-corrected chi connectivity index (χ2v) is 10.6. The molecule has 0 unspecified atom stereocenters. The van der Waals surface area contributed by atoms with Crippen LogP contribution in [0.5, 0.6) is 0 Å². The molecule has 0 saturated heterocycles. The smallest absolute Gasteiger partial charge is 0.241 e. The van der Waals surface area contributed by atoms with Gasteiger partial charge in [-0.3, -0.25) is 4.79 Å². The van der Waals surface area contributed by atoms with Crippen molar-refractivity contribution >= 4 is 27.7 Å². The molecular weight excluding hydrogens is 386 g/mol. The van der Waals surface area contributed by atoms with Crippen molar-refractivity contribution in [3.05, 3.63) is 40.8 Å². The summed E-state index contributed by atoms with van der Waals surface area (Å²) in [6.07, 6.45) is 4.82. The summed E-state index contributed by atoms with van der Waals surface area (Å²) in [4.78, 5) is 12.1. The Morgan fingerprint density at radius 1 is 1.24 bits per heavy atom. The summed E-state index contributed by atoms with van der Waals surface area (Å²) in [6, 6.07) is 7.55. The highest BCUT2D eigenvalue weighted by Crippen LogP contribution is 2.63. The normalized spacial score (nSPS) is 27.0. The van der Waals surface area contributed by atoms with E-state index in [0.29, 0.717) is 5.92 Å². The van der Waals surface area contributed by atoms with Crippen LogP contribution in [0.25, 0.3) is 6.08 Å². The first-order chi connectivity index (χ1) is 13.5. The van der Waals surface area contributed by atoms with Crippen molar-refractivity contribution in [2.75, 3.05) is 6.54 Å². The van der Waals surface area contributed by atoms with Gasteiger partial charge in [-0.05, 0) is 49.2 Å². The maximum absolute atomic E-state index is 12.1. The predicted octanol–water partition coefficient (Wildman–Crippen LogP) is 3.59. The van der Waals surface area contributed by atoms with E-state index in [4.69, 9.17) is 0 Å². The van der Waals surface area contributed by atoms with E-state index in [0.717, 1.165) is 35.1 Å². The van der Waals surface area contributed by atoms with Gasteiger partial charge in [0.05, 0.1) is 0 Å². The molecular formula is C22H31N3O3S. The Balaban J connectivity index is 1.47.